The van der Waals surface area contributed by atoms with E-state index in [4.69, 9.17) is 0 Å². The molecule has 0 bridgehead atoms. The molecule has 2 unspecified atom stereocenters. The summed E-state index contributed by atoms with van der Waals surface area (Å²) in [5.74, 6) is -1.49. The highest BCUT2D eigenvalue weighted by Crippen LogP contribution is 2.23. The molecule has 30 heavy (non-hydrogen) atoms. The van der Waals surface area contributed by atoms with Gasteiger partial charge in [-0.05, 0) is 30.0 Å². The Labute approximate surface area is 176 Å². The van der Waals surface area contributed by atoms with E-state index in [0.717, 1.165) is 23.0 Å². The first kappa shape index (κ1) is 23.3. The van der Waals surface area contributed by atoms with E-state index in [1.165, 1.54) is 4.90 Å². The monoisotopic (exact) mass is 412 g/mol. The summed E-state index contributed by atoms with van der Waals surface area (Å²) in [6.45, 7) is 4.62. The Hall–Kier alpha value is -3.03. The Balaban J connectivity index is 1.97. The molecule has 0 radical (unpaired) electrons. The summed E-state index contributed by atoms with van der Waals surface area (Å²) in [6.07, 6.45) is -2.14. The second-order valence-electron chi connectivity index (χ2n) is 6.93. The zero-order valence-corrected chi connectivity index (χ0v) is 17.2. The molecule has 2 rings (SSSR count). The van der Waals surface area contributed by atoms with E-state index >= 15 is 0 Å². The average Bonchev–Trinajstić information content (AvgIpc) is 2.79. The number of likely N-dealkylation sites (N-methyl/N-ethyl adjacent to an activating group) is 1. The minimum Gasteiger partial charge on any atom is -0.380 e. The van der Waals surface area contributed by atoms with Gasteiger partial charge in [0.2, 0.25) is 0 Å². The zero-order valence-electron chi connectivity index (χ0n) is 17.2. The number of amides is 2. The van der Waals surface area contributed by atoms with Gasteiger partial charge >= 0.3 is 0 Å². The van der Waals surface area contributed by atoms with Gasteiger partial charge in [0.15, 0.2) is 18.5 Å². The van der Waals surface area contributed by atoms with Crippen LogP contribution in [-0.4, -0.2) is 58.5 Å². The van der Waals surface area contributed by atoms with Crippen LogP contribution in [0.15, 0.2) is 48.5 Å². The number of carbonyl (C=O) groups excluding carboxylic acids is 3. The van der Waals surface area contributed by atoms with Crippen molar-refractivity contribution in [3.8, 4) is 11.1 Å². The molecule has 0 aliphatic carbocycles. The van der Waals surface area contributed by atoms with Crippen molar-refractivity contribution in [2.45, 2.75) is 39.0 Å². The Kier molecular flexibility index (Phi) is 8.70. The van der Waals surface area contributed by atoms with Gasteiger partial charge in [0.05, 0.1) is 0 Å². The van der Waals surface area contributed by atoms with Crippen LogP contribution in [0.4, 0.5) is 0 Å². The number of benzene rings is 2. The molecule has 7 heteroatoms. The number of hydrogen-bond acceptors (Lipinski definition) is 5. The molecule has 160 valence electrons. The van der Waals surface area contributed by atoms with Gasteiger partial charge in [0.25, 0.3) is 11.8 Å². The van der Waals surface area contributed by atoms with Crippen molar-refractivity contribution < 1.29 is 24.6 Å². The maximum Gasteiger partial charge on any atom is 0.254 e. The Morgan fingerprint density at radius 1 is 1.03 bits per heavy atom. The summed E-state index contributed by atoms with van der Waals surface area (Å²) in [6, 6.07) is 14.5. The van der Waals surface area contributed by atoms with Crippen LogP contribution in [0.2, 0.25) is 0 Å². The third-order valence-corrected chi connectivity index (χ3v) is 4.83. The van der Waals surface area contributed by atoms with Gasteiger partial charge in [-0.15, -0.1) is 0 Å². The average molecular weight is 412 g/mol. The fraction of sp³-hybridized carbons (Fsp3) is 0.348. The lowest BCUT2D eigenvalue weighted by Crippen LogP contribution is -2.50. The van der Waals surface area contributed by atoms with Crippen molar-refractivity contribution >= 4 is 18.1 Å². The van der Waals surface area contributed by atoms with Crippen LogP contribution >= 0.6 is 0 Å². The van der Waals surface area contributed by atoms with Gasteiger partial charge < -0.3 is 20.4 Å². The predicted octanol–water partition coefficient (Wildman–Crippen LogP) is 1.76. The highest BCUT2D eigenvalue weighted by atomic mass is 16.3. The molecule has 0 fully saturated rings. The van der Waals surface area contributed by atoms with Crippen LogP contribution in [0.3, 0.4) is 0 Å². The van der Waals surface area contributed by atoms with Crippen molar-refractivity contribution in [1.82, 2.24) is 10.2 Å². The van der Waals surface area contributed by atoms with Crippen LogP contribution in [0, 0.1) is 0 Å². The van der Waals surface area contributed by atoms with E-state index in [-0.39, 0.29) is 6.54 Å². The SMILES string of the molecule is CCCN(CC)C(=O)C(O)C(O)C(=O)NCc1ccc(-c2ccccc2C=O)cc1. The number of aldehydes is 1. The van der Waals surface area contributed by atoms with Crippen molar-refractivity contribution in [2.75, 3.05) is 13.1 Å². The molecule has 2 aromatic carbocycles. The first-order chi connectivity index (χ1) is 14.4. The molecule has 0 spiro atoms. The summed E-state index contributed by atoms with van der Waals surface area (Å²) in [5, 5.41) is 22.6. The number of aliphatic hydroxyl groups is 2. The molecule has 2 amide bonds. The van der Waals surface area contributed by atoms with E-state index in [1.54, 1.807) is 31.2 Å². The maximum absolute atomic E-state index is 12.2. The standard InChI is InChI=1S/C23H28N2O5/c1-3-13-25(4-2)23(30)21(28)20(27)22(29)24-14-16-9-11-17(12-10-16)19-8-6-5-7-18(19)15-26/h5-12,15,20-21,27-28H,3-4,13-14H2,1-2H3,(H,24,29). The molecule has 0 aliphatic rings. The van der Waals surface area contributed by atoms with Gasteiger partial charge in [-0.25, -0.2) is 0 Å². The van der Waals surface area contributed by atoms with E-state index in [9.17, 15) is 24.6 Å². The molecule has 0 saturated carbocycles. The Morgan fingerprint density at radius 3 is 2.30 bits per heavy atom. The predicted molar refractivity (Wildman–Crippen MR) is 114 cm³/mol. The summed E-state index contributed by atoms with van der Waals surface area (Å²) in [5.41, 5.74) is 3.03. The van der Waals surface area contributed by atoms with Crippen LogP contribution in [-0.2, 0) is 16.1 Å². The van der Waals surface area contributed by atoms with Crippen molar-refractivity contribution in [2.24, 2.45) is 0 Å². The van der Waals surface area contributed by atoms with Gasteiger partial charge in [0.1, 0.15) is 0 Å². The number of nitrogens with zero attached hydrogens (tertiary/aromatic N) is 1. The minimum absolute atomic E-state index is 0.124. The number of hydrogen-bond donors (Lipinski definition) is 3. The number of nitrogens with one attached hydrogen (secondary N) is 1. The molecule has 2 aromatic rings. The summed E-state index contributed by atoms with van der Waals surface area (Å²) >= 11 is 0. The fourth-order valence-corrected chi connectivity index (χ4v) is 3.12. The van der Waals surface area contributed by atoms with Crippen LogP contribution in [0.1, 0.15) is 36.2 Å². The lowest BCUT2D eigenvalue weighted by atomic mass is 9.99. The number of rotatable bonds is 10. The molecule has 7 nitrogen and oxygen atoms in total. The van der Waals surface area contributed by atoms with E-state index in [2.05, 4.69) is 5.32 Å². The molecule has 2 atom stereocenters. The normalized spacial score (nSPS) is 12.7. The van der Waals surface area contributed by atoms with Crippen LogP contribution in [0.5, 0.6) is 0 Å². The number of aliphatic hydroxyl groups excluding tert-OH is 2. The Morgan fingerprint density at radius 2 is 1.70 bits per heavy atom. The maximum atomic E-state index is 12.2. The largest absolute Gasteiger partial charge is 0.380 e. The van der Waals surface area contributed by atoms with Crippen LogP contribution < -0.4 is 5.32 Å². The third-order valence-electron chi connectivity index (χ3n) is 4.83. The minimum atomic E-state index is -1.85. The molecule has 0 aliphatic heterocycles. The third kappa shape index (κ3) is 5.75. The smallest absolute Gasteiger partial charge is 0.254 e. The Bertz CT molecular complexity index is 866. The first-order valence-corrected chi connectivity index (χ1v) is 9.99. The van der Waals surface area contributed by atoms with E-state index < -0.39 is 24.0 Å². The summed E-state index contributed by atoms with van der Waals surface area (Å²) < 4.78 is 0. The molecular weight excluding hydrogens is 384 g/mol. The van der Waals surface area contributed by atoms with Crippen molar-refractivity contribution in [3.63, 3.8) is 0 Å². The second kappa shape index (κ2) is 11.2. The van der Waals surface area contributed by atoms with Gasteiger partial charge in [-0.1, -0.05) is 55.5 Å². The van der Waals surface area contributed by atoms with Gasteiger partial charge in [0, 0.05) is 25.2 Å². The molecule has 3 N–H and O–H groups in total. The van der Waals surface area contributed by atoms with Crippen LogP contribution in [0.25, 0.3) is 11.1 Å². The van der Waals surface area contributed by atoms with Gasteiger partial charge in [-0.3, -0.25) is 14.4 Å². The quantitative estimate of drug-likeness (QED) is 0.516. The van der Waals surface area contributed by atoms with Crippen molar-refractivity contribution in [3.05, 3.63) is 59.7 Å². The van der Waals surface area contributed by atoms with E-state index in [0.29, 0.717) is 25.1 Å². The first-order valence-electron chi connectivity index (χ1n) is 9.99. The van der Waals surface area contributed by atoms with E-state index in [1.807, 2.05) is 31.2 Å². The fourth-order valence-electron chi connectivity index (χ4n) is 3.12. The highest BCUT2D eigenvalue weighted by molar-refractivity contribution is 5.90. The molecule has 0 heterocycles. The topological polar surface area (TPSA) is 107 Å². The lowest BCUT2D eigenvalue weighted by Gasteiger charge is -2.25. The highest BCUT2D eigenvalue weighted by Gasteiger charge is 2.32. The molecule has 0 aromatic heterocycles. The summed E-state index contributed by atoms with van der Waals surface area (Å²) in [7, 11) is 0. The zero-order chi connectivity index (χ0) is 22.1. The lowest BCUT2D eigenvalue weighted by molar-refractivity contribution is -0.153. The summed E-state index contributed by atoms with van der Waals surface area (Å²) in [4.78, 5) is 37.0. The second-order valence-corrected chi connectivity index (χ2v) is 6.93. The number of carbonyl (C=O) groups is 3. The van der Waals surface area contributed by atoms with Gasteiger partial charge in [-0.2, -0.15) is 0 Å². The molecular formula is C23H28N2O5. The molecule has 0 saturated heterocycles. The van der Waals surface area contributed by atoms with Crippen molar-refractivity contribution in [1.29, 1.82) is 0 Å².